The van der Waals surface area contributed by atoms with E-state index in [9.17, 15) is 53.4 Å². The number of hydrogen-bond acceptors (Lipinski definition) is 14. The maximum atomic E-state index is 13.1. The van der Waals surface area contributed by atoms with E-state index in [4.69, 9.17) is 24.1 Å². The van der Waals surface area contributed by atoms with Crippen molar-refractivity contribution in [3.63, 3.8) is 0 Å². The minimum absolute atomic E-state index is 0. The second kappa shape index (κ2) is 48.6. The lowest BCUT2D eigenvalue weighted by atomic mass is 9.76. The number of ketones is 4. The van der Waals surface area contributed by atoms with E-state index >= 15 is 0 Å². The Hall–Kier alpha value is -4.92. The molecule has 0 bridgehead atoms. The highest BCUT2D eigenvalue weighted by Crippen LogP contribution is 2.34. The van der Waals surface area contributed by atoms with Crippen molar-refractivity contribution >= 4 is 52.9 Å². The molecule has 0 radical (unpaired) electrons. The van der Waals surface area contributed by atoms with E-state index in [2.05, 4.69) is 20.6 Å². The zero-order valence-electron chi connectivity index (χ0n) is 48.9. The van der Waals surface area contributed by atoms with Crippen molar-refractivity contribution in [3.8, 4) is 0 Å². The summed E-state index contributed by atoms with van der Waals surface area (Å²) in [6, 6.07) is 0. The van der Waals surface area contributed by atoms with Crippen LogP contribution in [-0.2, 0) is 68.5 Å². The van der Waals surface area contributed by atoms with E-state index in [1.807, 2.05) is 0 Å². The maximum absolute atomic E-state index is 13.1. The standard InChI is InChI=1S/C61H102N4O16.H2/c66-53(21-17-13-11-9-7-5-3-1-2-4-6-8-10-12-14-19-23-59(72)73)31-26-48-24-27-49(28-25-48)56(69)43-51(61(76)77)29-33-57(70)63-34-36-78-39-41-81-46-58(71)64-35-37-79-38-40-80-45-55(68)22-18-15-16-20-50(60(74)75)42-54(67)32-30-52-44-62-47-65-52;/h44,47-51H,1-43,45-46H2,(H,62,65)(H,63,70)(H,64,71)(H,72,73)(H,74,75)(H,76,77);1H/t48?,49?,50-,51-;/m1./s1. The summed E-state index contributed by atoms with van der Waals surface area (Å²) >= 11 is 0. The second-order valence-electron chi connectivity index (χ2n) is 22.1. The third-order valence-corrected chi connectivity index (χ3v) is 15.2. The first-order valence-corrected chi connectivity index (χ1v) is 30.8. The molecule has 1 heterocycles. The van der Waals surface area contributed by atoms with Crippen LogP contribution >= 0.6 is 0 Å². The van der Waals surface area contributed by atoms with Gasteiger partial charge in [-0.2, -0.15) is 0 Å². The zero-order valence-corrected chi connectivity index (χ0v) is 48.9. The third kappa shape index (κ3) is 41.7. The van der Waals surface area contributed by atoms with Gasteiger partial charge in [0.05, 0.1) is 57.8 Å². The molecule has 0 spiro atoms. The van der Waals surface area contributed by atoms with Gasteiger partial charge < -0.3 is 49.9 Å². The average molecular weight is 1150 g/mol. The number of H-pyrrole nitrogens is 1. The molecule has 2 rings (SSSR count). The van der Waals surface area contributed by atoms with Gasteiger partial charge in [-0.15, -0.1) is 0 Å². The van der Waals surface area contributed by atoms with Crippen LogP contribution < -0.4 is 10.6 Å². The number of rotatable bonds is 57. The summed E-state index contributed by atoms with van der Waals surface area (Å²) in [5, 5.41) is 33.4. The molecule has 2 atom stereocenters. The molecular weight excluding hydrogens is 1040 g/mol. The third-order valence-electron chi connectivity index (χ3n) is 15.2. The second-order valence-corrected chi connectivity index (χ2v) is 22.1. The Kier molecular flexibility index (Phi) is 43.3. The van der Waals surface area contributed by atoms with Crippen LogP contribution in [-0.4, -0.2) is 144 Å². The number of unbranched alkanes of at least 4 members (excludes halogenated alkanes) is 17. The van der Waals surface area contributed by atoms with Gasteiger partial charge in [-0.05, 0) is 76.5 Å². The van der Waals surface area contributed by atoms with Gasteiger partial charge in [-0.1, -0.05) is 103 Å². The van der Waals surface area contributed by atoms with Gasteiger partial charge in [0.15, 0.2) is 5.78 Å². The van der Waals surface area contributed by atoms with Gasteiger partial charge in [0.25, 0.3) is 0 Å². The van der Waals surface area contributed by atoms with E-state index in [1.54, 1.807) is 6.20 Å². The van der Waals surface area contributed by atoms with E-state index in [0.29, 0.717) is 82.3 Å². The van der Waals surface area contributed by atoms with Crippen molar-refractivity contribution in [2.24, 2.45) is 23.7 Å². The van der Waals surface area contributed by atoms with Crippen LogP contribution in [0.25, 0.3) is 0 Å². The maximum Gasteiger partial charge on any atom is 0.306 e. The molecule has 2 amide bonds. The Morgan fingerprint density at radius 3 is 1.54 bits per heavy atom. The predicted octanol–water partition coefficient (Wildman–Crippen LogP) is 9.77. The average Bonchev–Trinajstić information content (AvgIpc) is 3.97. The number of carbonyl (C=O) groups is 9. The van der Waals surface area contributed by atoms with Gasteiger partial charge in [0.2, 0.25) is 11.8 Å². The summed E-state index contributed by atoms with van der Waals surface area (Å²) < 4.78 is 21.6. The van der Waals surface area contributed by atoms with E-state index in [1.165, 1.54) is 77.0 Å². The van der Waals surface area contributed by atoms with E-state index in [0.717, 1.165) is 57.1 Å². The molecule has 0 unspecified atom stereocenters. The summed E-state index contributed by atoms with van der Waals surface area (Å²) in [4.78, 5) is 116. The molecular formula is C61H104N4O16. The molecule has 6 N–H and O–H groups in total. The number of carboxylic acids is 3. The number of amides is 2. The summed E-state index contributed by atoms with van der Waals surface area (Å²) in [5.41, 5.74) is 0.830. The number of carbonyl (C=O) groups excluding carboxylic acids is 6. The van der Waals surface area contributed by atoms with Crippen LogP contribution in [0.5, 0.6) is 0 Å². The summed E-state index contributed by atoms with van der Waals surface area (Å²) in [6.45, 7) is 1.44. The molecule has 81 heavy (non-hydrogen) atoms. The van der Waals surface area contributed by atoms with Gasteiger partial charge >= 0.3 is 17.9 Å². The number of Topliss-reactive ketones (excluding diaryl/α,β-unsaturated/α-hetero) is 4. The van der Waals surface area contributed by atoms with Crippen molar-refractivity contribution in [3.05, 3.63) is 18.2 Å². The first kappa shape index (κ1) is 72.2. The number of nitrogens with zero attached hydrogens (tertiary/aromatic N) is 1. The SMILES string of the molecule is O=C(O)CCCCCCCCCCCCCCCCCCC(=O)CCC1CCC(C(=O)C[C@@H](CCC(=O)NCCOCCOCC(=O)NCCOCCOCC(=O)CCCCC[C@H](CC(=O)CCc2cnc[nH]2)C(=O)O)C(=O)O)CC1.[HH]. The molecule has 20 nitrogen and oxygen atoms in total. The topological polar surface area (TPSA) is 304 Å². The van der Waals surface area contributed by atoms with Crippen molar-refractivity contribution < 1.29 is 78.8 Å². The van der Waals surface area contributed by atoms with Crippen molar-refractivity contribution in [1.82, 2.24) is 20.6 Å². The Morgan fingerprint density at radius 1 is 0.506 bits per heavy atom. The summed E-state index contributed by atoms with van der Waals surface area (Å²) in [7, 11) is 0. The van der Waals surface area contributed by atoms with Crippen LogP contribution in [0.1, 0.15) is 225 Å². The quantitative estimate of drug-likeness (QED) is 0.0331. The molecule has 1 aromatic heterocycles. The number of aryl methyl sites for hydroxylation is 1. The molecule has 0 saturated heterocycles. The largest absolute Gasteiger partial charge is 0.481 e. The molecule has 464 valence electrons. The molecule has 1 aliphatic carbocycles. The fourth-order valence-electron chi connectivity index (χ4n) is 10.2. The fourth-order valence-corrected chi connectivity index (χ4v) is 10.2. The minimum Gasteiger partial charge on any atom is -0.481 e. The fraction of sp³-hybridized carbons (Fsp3) is 0.803. The van der Waals surface area contributed by atoms with Gasteiger partial charge in [-0.3, -0.25) is 43.2 Å². The molecule has 0 aromatic carbocycles. The highest BCUT2D eigenvalue weighted by atomic mass is 16.5. The summed E-state index contributed by atoms with van der Waals surface area (Å²) in [6.07, 6.45) is 30.9. The molecule has 1 fully saturated rings. The first-order chi connectivity index (χ1) is 39.2. The predicted molar refractivity (Wildman–Crippen MR) is 308 cm³/mol. The van der Waals surface area contributed by atoms with Gasteiger partial charge in [-0.25, -0.2) is 4.98 Å². The van der Waals surface area contributed by atoms with Crippen molar-refractivity contribution in [2.75, 3.05) is 65.9 Å². The highest BCUT2D eigenvalue weighted by Gasteiger charge is 2.30. The number of aliphatic carboxylic acids is 3. The molecule has 1 aromatic rings. The number of aromatic amines is 1. The monoisotopic (exact) mass is 1150 g/mol. The Balaban J connectivity index is 0.0000336. The Bertz CT molecular complexity index is 1900. The van der Waals surface area contributed by atoms with Gasteiger partial charge in [0, 0.05) is 83.7 Å². The van der Waals surface area contributed by atoms with Crippen LogP contribution in [0.4, 0.5) is 0 Å². The van der Waals surface area contributed by atoms with Crippen LogP contribution in [0.2, 0.25) is 0 Å². The van der Waals surface area contributed by atoms with Crippen molar-refractivity contribution in [2.45, 2.75) is 225 Å². The molecule has 20 heteroatoms. The Morgan fingerprint density at radius 2 is 1.00 bits per heavy atom. The lowest BCUT2D eigenvalue weighted by Crippen LogP contribution is -2.31. The number of hydrogen-bond donors (Lipinski definition) is 6. The number of ether oxygens (including phenoxy) is 4. The lowest BCUT2D eigenvalue weighted by molar-refractivity contribution is -0.145. The highest BCUT2D eigenvalue weighted by molar-refractivity contribution is 5.86. The number of nitrogens with one attached hydrogen (secondary N) is 3. The van der Waals surface area contributed by atoms with Crippen LogP contribution in [0, 0.1) is 23.7 Å². The van der Waals surface area contributed by atoms with Gasteiger partial charge in [0.1, 0.15) is 30.6 Å². The summed E-state index contributed by atoms with van der Waals surface area (Å²) in [5.74, 6) is -4.78. The number of aromatic nitrogens is 2. The molecule has 1 aliphatic rings. The zero-order chi connectivity index (χ0) is 59.0. The van der Waals surface area contributed by atoms with Crippen molar-refractivity contribution in [1.29, 1.82) is 0 Å². The van der Waals surface area contributed by atoms with E-state index in [-0.39, 0.29) is 135 Å². The molecule has 0 aliphatic heterocycles. The minimum atomic E-state index is -1.09. The number of imidazole rings is 1. The number of carboxylic acid groups (broad SMARTS) is 3. The Labute approximate surface area is 483 Å². The van der Waals surface area contributed by atoms with E-state index < -0.39 is 29.7 Å². The smallest absolute Gasteiger partial charge is 0.306 e. The van der Waals surface area contributed by atoms with Crippen LogP contribution in [0.3, 0.4) is 0 Å². The van der Waals surface area contributed by atoms with Crippen LogP contribution in [0.15, 0.2) is 12.5 Å². The normalized spacial score (nSPS) is 15.0. The molecule has 1 saturated carbocycles. The lowest BCUT2D eigenvalue weighted by Gasteiger charge is -2.28. The first-order valence-electron chi connectivity index (χ1n) is 30.8.